The topological polar surface area (TPSA) is 32.3 Å². The predicted octanol–water partition coefficient (Wildman–Crippen LogP) is 5.43. The summed E-state index contributed by atoms with van der Waals surface area (Å²) >= 11 is 3.46. The van der Waals surface area contributed by atoms with E-state index in [1.54, 1.807) is 0 Å². The number of para-hydroxylation sites is 1. The molecule has 2 aromatic carbocycles. The average molecular weight is 373 g/mol. The minimum absolute atomic E-state index is 0.00832. The molecule has 1 saturated carbocycles. The van der Waals surface area contributed by atoms with E-state index in [0.717, 1.165) is 28.6 Å². The zero-order valence-electron chi connectivity index (χ0n) is 13.0. The van der Waals surface area contributed by atoms with Crippen molar-refractivity contribution in [2.75, 3.05) is 5.32 Å². The SMILES string of the molecule is O=C(Nc1ccccc1)N(Cc1ccc(Br)cc1)C1CCCC1. The number of nitrogens with one attached hydrogen (secondary N) is 1. The van der Waals surface area contributed by atoms with Crippen LogP contribution in [0.15, 0.2) is 59.1 Å². The van der Waals surface area contributed by atoms with Crippen LogP contribution in [0, 0.1) is 0 Å². The Bertz CT molecular complexity index is 636. The van der Waals surface area contributed by atoms with Gasteiger partial charge in [-0.05, 0) is 42.7 Å². The molecule has 120 valence electrons. The van der Waals surface area contributed by atoms with Crippen molar-refractivity contribution < 1.29 is 4.79 Å². The first kappa shape index (κ1) is 16.1. The van der Waals surface area contributed by atoms with Crippen molar-refractivity contribution in [3.63, 3.8) is 0 Å². The molecule has 0 saturated heterocycles. The van der Waals surface area contributed by atoms with Gasteiger partial charge >= 0.3 is 6.03 Å². The predicted molar refractivity (Wildman–Crippen MR) is 97.4 cm³/mol. The molecule has 3 rings (SSSR count). The van der Waals surface area contributed by atoms with Crippen molar-refractivity contribution in [3.8, 4) is 0 Å². The maximum Gasteiger partial charge on any atom is 0.322 e. The van der Waals surface area contributed by atoms with Crippen molar-refractivity contribution in [1.82, 2.24) is 4.90 Å². The monoisotopic (exact) mass is 372 g/mol. The van der Waals surface area contributed by atoms with E-state index in [4.69, 9.17) is 0 Å². The molecule has 0 spiro atoms. The van der Waals surface area contributed by atoms with Crippen LogP contribution in [0.4, 0.5) is 10.5 Å². The van der Waals surface area contributed by atoms with Crippen LogP contribution in [0.2, 0.25) is 0 Å². The molecule has 4 heteroatoms. The summed E-state index contributed by atoms with van der Waals surface area (Å²) in [5.41, 5.74) is 2.00. The Labute approximate surface area is 145 Å². The van der Waals surface area contributed by atoms with Crippen LogP contribution in [0.5, 0.6) is 0 Å². The van der Waals surface area contributed by atoms with Gasteiger partial charge in [-0.3, -0.25) is 0 Å². The molecule has 0 aromatic heterocycles. The van der Waals surface area contributed by atoms with E-state index in [1.165, 1.54) is 12.8 Å². The fourth-order valence-electron chi connectivity index (χ4n) is 3.09. The normalized spacial score (nSPS) is 14.7. The van der Waals surface area contributed by atoms with E-state index in [-0.39, 0.29) is 6.03 Å². The second kappa shape index (κ2) is 7.64. The van der Waals surface area contributed by atoms with Crippen LogP contribution >= 0.6 is 15.9 Å². The van der Waals surface area contributed by atoms with Gasteiger partial charge in [0.1, 0.15) is 0 Å². The lowest BCUT2D eigenvalue weighted by atomic mass is 10.1. The van der Waals surface area contributed by atoms with Crippen molar-refractivity contribution in [2.45, 2.75) is 38.3 Å². The van der Waals surface area contributed by atoms with Crippen LogP contribution in [0.3, 0.4) is 0 Å². The molecule has 0 bridgehead atoms. The molecule has 2 aromatic rings. The summed E-state index contributed by atoms with van der Waals surface area (Å²) < 4.78 is 1.06. The Morgan fingerprint density at radius 3 is 2.35 bits per heavy atom. The molecule has 0 atom stereocenters. The third-order valence-electron chi connectivity index (χ3n) is 4.32. The summed E-state index contributed by atoms with van der Waals surface area (Å²) in [5, 5.41) is 3.03. The molecule has 1 fully saturated rings. The number of amides is 2. The standard InChI is InChI=1S/C19H21BrN2O/c20-16-12-10-15(11-13-16)14-22(18-8-4-5-9-18)19(23)21-17-6-2-1-3-7-17/h1-3,6-7,10-13,18H,4-5,8-9,14H2,(H,21,23). The van der Waals surface area contributed by atoms with Crippen molar-refractivity contribution in [2.24, 2.45) is 0 Å². The van der Waals surface area contributed by atoms with Gasteiger partial charge in [0.25, 0.3) is 0 Å². The zero-order chi connectivity index (χ0) is 16.1. The molecule has 0 aliphatic heterocycles. The second-order valence-electron chi connectivity index (χ2n) is 5.99. The summed E-state index contributed by atoms with van der Waals surface area (Å²) in [4.78, 5) is 14.8. The second-order valence-corrected chi connectivity index (χ2v) is 6.90. The number of nitrogens with zero attached hydrogens (tertiary/aromatic N) is 1. The Kier molecular flexibility index (Phi) is 5.34. The third-order valence-corrected chi connectivity index (χ3v) is 4.85. The quantitative estimate of drug-likeness (QED) is 0.762. The fraction of sp³-hybridized carbons (Fsp3) is 0.316. The Hall–Kier alpha value is -1.81. The molecule has 3 nitrogen and oxygen atoms in total. The summed E-state index contributed by atoms with van der Waals surface area (Å²) in [6.45, 7) is 0.649. The molecule has 0 radical (unpaired) electrons. The molecular weight excluding hydrogens is 352 g/mol. The van der Waals surface area contributed by atoms with E-state index in [9.17, 15) is 4.79 Å². The van der Waals surface area contributed by atoms with Crippen LogP contribution in [-0.2, 0) is 6.54 Å². The lowest BCUT2D eigenvalue weighted by Gasteiger charge is -2.29. The lowest BCUT2D eigenvalue weighted by Crippen LogP contribution is -2.41. The summed E-state index contributed by atoms with van der Waals surface area (Å²) in [5.74, 6) is 0. The number of carbonyl (C=O) groups is 1. The first-order chi connectivity index (χ1) is 11.2. The average Bonchev–Trinajstić information content (AvgIpc) is 3.09. The van der Waals surface area contributed by atoms with Gasteiger partial charge in [0.05, 0.1) is 0 Å². The van der Waals surface area contributed by atoms with Crippen molar-refractivity contribution >= 4 is 27.6 Å². The van der Waals surface area contributed by atoms with Gasteiger partial charge in [-0.2, -0.15) is 0 Å². The molecular formula is C19H21BrN2O. The zero-order valence-corrected chi connectivity index (χ0v) is 14.6. The Balaban J connectivity index is 1.74. The fourth-order valence-corrected chi connectivity index (χ4v) is 3.35. The van der Waals surface area contributed by atoms with Gasteiger partial charge < -0.3 is 10.2 Å². The maximum absolute atomic E-state index is 12.8. The minimum Gasteiger partial charge on any atom is -0.317 e. The van der Waals surface area contributed by atoms with E-state index in [2.05, 4.69) is 33.4 Å². The summed E-state index contributed by atoms with van der Waals surface area (Å²) in [7, 11) is 0. The first-order valence-electron chi connectivity index (χ1n) is 8.09. The van der Waals surface area contributed by atoms with E-state index < -0.39 is 0 Å². The summed E-state index contributed by atoms with van der Waals surface area (Å²) in [6, 6.07) is 18.2. The number of benzene rings is 2. The van der Waals surface area contributed by atoms with Crippen LogP contribution < -0.4 is 5.32 Å². The van der Waals surface area contributed by atoms with Gasteiger partial charge in [0.15, 0.2) is 0 Å². The number of carbonyl (C=O) groups excluding carboxylic acids is 1. The van der Waals surface area contributed by atoms with E-state index in [1.807, 2.05) is 47.4 Å². The van der Waals surface area contributed by atoms with Crippen molar-refractivity contribution in [1.29, 1.82) is 0 Å². The number of halogens is 1. The van der Waals surface area contributed by atoms with Crippen LogP contribution in [-0.4, -0.2) is 17.0 Å². The Morgan fingerprint density at radius 2 is 1.70 bits per heavy atom. The van der Waals surface area contributed by atoms with E-state index in [0.29, 0.717) is 12.6 Å². The number of urea groups is 1. The van der Waals surface area contributed by atoms with E-state index >= 15 is 0 Å². The van der Waals surface area contributed by atoms with Gasteiger partial charge in [-0.15, -0.1) is 0 Å². The highest BCUT2D eigenvalue weighted by molar-refractivity contribution is 9.10. The first-order valence-corrected chi connectivity index (χ1v) is 8.89. The molecule has 2 amide bonds. The number of hydrogen-bond acceptors (Lipinski definition) is 1. The molecule has 23 heavy (non-hydrogen) atoms. The lowest BCUT2D eigenvalue weighted by molar-refractivity contribution is 0.184. The molecule has 1 N–H and O–H groups in total. The highest BCUT2D eigenvalue weighted by Gasteiger charge is 2.26. The van der Waals surface area contributed by atoms with Gasteiger partial charge in [0, 0.05) is 22.7 Å². The third kappa shape index (κ3) is 4.35. The van der Waals surface area contributed by atoms with Gasteiger partial charge in [-0.25, -0.2) is 4.79 Å². The molecule has 1 aliphatic rings. The molecule has 0 unspecified atom stereocenters. The number of anilines is 1. The minimum atomic E-state index is -0.00832. The van der Waals surface area contributed by atoms with Crippen molar-refractivity contribution in [3.05, 3.63) is 64.6 Å². The molecule has 1 aliphatic carbocycles. The number of rotatable bonds is 4. The summed E-state index contributed by atoms with van der Waals surface area (Å²) in [6.07, 6.45) is 4.61. The largest absolute Gasteiger partial charge is 0.322 e. The Morgan fingerprint density at radius 1 is 1.04 bits per heavy atom. The van der Waals surface area contributed by atoms with Crippen LogP contribution in [0.1, 0.15) is 31.2 Å². The smallest absolute Gasteiger partial charge is 0.317 e. The number of hydrogen-bond donors (Lipinski definition) is 1. The van der Waals surface area contributed by atoms with Gasteiger partial charge in [-0.1, -0.05) is 59.1 Å². The highest BCUT2D eigenvalue weighted by atomic mass is 79.9. The van der Waals surface area contributed by atoms with Gasteiger partial charge in [0.2, 0.25) is 0 Å². The molecule has 0 heterocycles. The van der Waals surface area contributed by atoms with Crippen LogP contribution in [0.25, 0.3) is 0 Å². The maximum atomic E-state index is 12.8. The highest BCUT2D eigenvalue weighted by Crippen LogP contribution is 2.26.